The van der Waals surface area contributed by atoms with Crippen LogP contribution in [-0.4, -0.2) is 53.1 Å². The molecule has 2 rings (SSSR count). The van der Waals surface area contributed by atoms with Gasteiger partial charge in [0.2, 0.25) is 0 Å². The van der Waals surface area contributed by atoms with Crippen molar-refractivity contribution in [2.45, 2.75) is 25.8 Å². The summed E-state index contributed by atoms with van der Waals surface area (Å²) in [6, 6.07) is 5.61. The molecule has 1 aliphatic heterocycles. The van der Waals surface area contributed by atoms with Crippen LogP contribution in [0.1, 0.15) is 24.8 Å². The minimum atomic E-state index is 0.611. The van der Waals surface area contributed by atoms with E-state index in [0.29, 0.717) is 17.5 Å². The minimum absolute atomic E-state index is 0.611. The smallest absolute Gasteiger partial charge is 0.191 e. The summed E-state index contributed by atoms with van der Waals surface area (Å²) in [5.74, 6) is 2.17. The van der Waals surface area contributed by atoms with Crippen molar-refractivity contribution in [3.63, 3.8) is 0 Å². The van der Waals surface area contributed by atoms with Crippen LogP contribution in [0.2, 0.25) is 5.02 Å². The van der Waals surface area contributed by atoms with Crippen LogP contribution in [0.4, 0.5) is 0 Å². The summed E-state index contributed by atoms with van der Waals surface area (Å²) >= 11 is 5.99. The van der Waals surface area contributed by atoms with E-state index in [1.54, 1.807) is 14.2 Å². The van der Waals surface area contributed by atoms with E-state index in [9.17, 15) is 0 Å². The average Bonchev–Trinajstić information content (AvgIpc) is 2.68. The minimum Gasteiger partial charge on any atom is -0.496 e. The Hall–Kier alpha value is -1.50. The molecular weight excluding hydrogens is 354 g/mol. The molecule has 7 heteroatoms. The molecule has 26 heavy (non-hydrogen) atoms. The predicted molar refractivity (Wildman–Crippen MR) is 105 cm³/mol. The van der Waals surface area contributed by atoms with Crippen LogP contribution in [0.25, 0.3) is 0 Å². The number of halogens is 1. The van der Waals surface area contributed by atoms with Gasteiger partial charge in [-0.25, -0.2) is 0 Å². The molecule has 0 aromatic heterocycles. The first kappa shape index (κ1) is 20.8. The first-order chi connectivity index (χ1) is 12.7. The van der Waals surface area contributed by atoms with Crippen molar-refractivity contribution < 1.29 is 14.2 Å². The number of hydrogen-bond donors (Lipinski definition) is 2. The topological polar surface area (TPSA) is 64.1 Å². The molecule has 1 heterocycles. The summed E-state index contributed by atoms with van der Waals surface area (Å²) in [5, 5.41) is 7.24. The SMILES string of the molecule is CN=C(NCCCOCC1CCOCC1)NCc1ccc(Cl)cc1OC. The monoisotopic (exact) mass is 383 g/mol. The maximum absolute atomic E-state index is 5.99. The van der Waals surface area contributed by atoms with Gasteiger partial charge in [-0.1, -0.05) is 17.7 Å². The number of rotatable bonds is 9. The maximum Gasteiger partial charge on any atom is 0.191 e. The number of benzene rings is 1. The van der Waals surface area contributed by atoms with Crippen molar-refractivity contribution in [3.05, 3.63) is 28.8 Å². The molecule has 0 radical (unpaired) electrons. The second-order valence-corrected chi connectivity index (χ2v) is 6.73. The first-order valence-corrected chi connectivity index (χ1v) is 9.53. The molecular formula is C19H30ClN3O3. The number of nitrogens with zero attached hydrogens (tertiary/aromatic N) is 1. The molecule has 146 valence electrons. The third-order valence-electron chi connectivity index (χ3n) is 4.37. The predicted octanol–water partition coefficient (Wildman–Crippen LogP) is 2.85. The molecule has 0 amide bonds. The van der Waals surface area contributed by atoms with Crippen molar-refractivity contribution in [3.8, 4) is 5.75 Å². The summed E-state index contributed by atoms with van der Waals surface area (Å²) in [6.07, 6.45) is 3.17. The first-order valence-electron chi connectivity index (χ1n) is 9.15. The highest BCUT2D eigenvalue weighted by molar-refractivity contribution is 6.30. The molecule has 1 aromatic carbocycles. The van der Waals surface area contributed by atoms with E-state index in [2.05, 4.69) is 15.6 Å². The highest BCUT2D eigenvalue weighted by Crippen LogP contribution is 2.22. The summed E-state index contributed by atoms with van der Waals surface area (Å²) in [7, 11) is 3.40. The van der Waals surface area contributed by atoms with Gasteiger partial charge in [0.1, 0.15) is 5.75 Å². The molecule has 0 unspecified atom stereocenters. The highest BCUT2D eigenvalue weighted by atomic mass is 35.5. The van der Waals surface area contributed by atoms with Crippen LogP contribution in [0.3, 0.4) is 0 Å². The number of aliphatic imine (C=N–C) groups is 1. The Morgan fingerprint density at radius 1 is 1.31 bits per heavy atom. The van der Waals surface area contributed by atoms with Gasteiger partial charge in [0.25, 0.3) is 0 Å². The molecule has 6 nitrogen and oxygen atoms in total. The molecule has 0 saturated carbocycles. The van der Waals surface area contributed by atoms with Gasteiger partial charge >= 0.3 is 0 Å². The van der Waals surface area contributed by atoms with Gasteiger partial charge in [0.15, 0.2) is 5.96 Å². The quantitative estimate of drug-likeness (QED) is 0.390. The van der Waals surface area contributed by atoms with E-state index in [-0.39, 0.29) is 0 Å². The molecule has 0 bridgehead atoms. The van der Waals surface area contributed by atoms with Gasteiger partial charge in [-0.15, -0.1) is 0 Å². The number of ether oxygens (including phenoxy) is 3. The second kappa shape index (κ2) is 12.0. The molecule has 1 aromatic rings. The lowest BCUT2D eigenvalue weighted by molar-refractivity contribution is 0.0203. The van der Waals surface area contributed by atoms with Crippen LogP contribution in [0, 0.1) is 5.92 Å². The Kier molecular flexibility index (Phi) is 9.60. The van der Waals surface area contributed by atoms with E-state index in [1.165, 1.54) is 0 Å². The van der Waals surface area contributed by atoms with Gasteiger partial charge in [0.05, 0.1) is 7.11 Å². The van der Waals surface area contributed by atoms with Crippen molar-refractivity contribution in [2.24, 2.45) is 10.9 Å². The van der Waals surface area contributed by atoms with Gasteiger partial charge in [-0.05, 0) is 37.3 Å². The molecule has 0 atom stereocenters. The highest BCUT2D eigenvalue weighted by Gasteiger charge is 2.13. The van der Waals surface area contributed by atoms with Gasteiger partial charge in [-0.3, -0.25) is 4.99 Å². The molecule has 2 N–H and O–H groups in total. The van der Waals surface area contributed by atoms with Crippen LogP contribution < -0.4 is 15.4 Å². The summed E-state index contributed by atoms with van der Waals surface area (Å²) in [4.78, 5) is 4.24. The third-order valence-corrected chi connectivity index (χ3v) is 4.61. The van der Waals surface area contributed by atoms with Gasteiger partial charge in [0, 0.05) is 57.2 Å². The summed E-state index contributed by atoms with van der Waals surface area (Å²) in [6.45, 7) is 4.76. The Bertz CT molecular complexity index is 563. The van der Waals surface area contributed by atoms with E-state index in [0.717, 1.165) is 69.5 Å². The fraction of sp³-hybridized carbons (Fsp3) is 0.632. The van der Waals surface area contributed by atoms with E-state index in [1.807, 2.05) is 18.2 Å². The van der Waals surface area contributed by atoms with Crippen LogP contribution in [-0.2, 0) is 16.0 Å². The molecule has 1 saturated heterocycles. The Balaban J connectivity index is 1.60. The standard InChI is InChI=1S/C19H30ClN3O3/c1-21-19(23-13-16-4-5-17(20)12-18(16)24-2)22-8-3-9-26-14-15-6-10-25-11-7-15/h4-5,12,15H,3,6-11,13-14H2,1-2H3,(H2,21,22,23). The number of hydrogen-bond acceptors (Lipinski definition) is 4. The normalized spacial score (nSPS) is 15.7. The third kappa shape index (κ3) is 7.40. The number of guanidine groups is 1. The van der Waals surface area contributed by atoms with E-state index >= 15 is 0 Å². The zero-order valence-electron chi connectivity index (χ0n) is 15.7. The lowest BCUT2D eigenvalue weighted by Gasteiger charge is -2.21. The molecule has 0 aliphatic carbocycles. The zero-order chi connectivity index (χ0) is 18.6. The van der Waals surface area contributed by atoms with E-state index < -0.39 is 0 Å². The van der Waals surface area contributed by atoms with Crippen molar-refractivity contribution in [1.82, 2.24) is 10.6 Å². The van der Waals surface area contributed by atoms with Gasteiger partial charge < -0.3 is 24.8 Å². The van der Waals surface area contributed by atoms with Crippen molar-refractivity contribution in [2.75, 3.05) is 47.1 Å². The Labute approximate surface area is 161 Å². The van der Waals surface area contributed by atoms with Crippen LogP contribution in [0.5, 0.6) is 5.75 Å². The van der Waals surface area contributed by atoms with Crippen molar-refractivity contribution in [1.29, 1.82) is 0 Å². The van der Waals surface area contributed by atoms with Gasteiger partial charge in [-0.2, -0.15) is 0 Å². The fourth-order valence-corrected chi connectivity index (χ4v) is 2.97. The average molecular weight is 384 g/mol. The lowest BCUT2D eigenvalue weighted by atomic mass is 10.0. The van der Waals surface area contributed by atoms with Crippen LogP contribution in [0.15, 0.2) is 23.2 Å². The lowest BCUT2D eigenvalue weighted by Crippen LogP contribution is -2.37. The second-order valence-electron chi connectivity index (χ2n) is 6.29. The summed E-state index contributed by atoms with van der Waals surface area (Å²) < 4.78 is 16.5. The van der Waals surface area contributed by atoms with E-state index in [4.69, 9.17) is 25.8 Å². The number of methoxy groups -OCH3 is 1. The molecule has 0 spiro atoms. The molecule has 1 fully saturated rings. The zero-order valence-corrected chi connectivity index (χ0v) is 16.5. The molecule has 1 aliphatic rings. The largest absolute Gasteiger partial charge is 0.496 e. The Morgan fingerprint density at radius 3 is 2.85 bits per heavy atom. The van der Waals surface area contributed by atoms with Crippen molar-refractivity contribution >= 4 is 17.6 Å². The van der Waals surface area contributed by atoms with Crippen LogP contribution >= 0.6 is 11.6 Å². The fourth-order valence-electron chi connectivity index (χ4n) is 2.81. The summed E-state index contributed by atoms with van der Waals surface area (Å²) in [5.41, 5.74) is 1.03. The Morgan fingerprint density at radius 2 is 2.12 bits per heavy atom. The number of nitrogens with one attached hydrogen (secondary N) is 2. The maximum atomic E-state index is 5.99.